The van der Waals surface area contributed by atoms with Crippen LogP contribution in [0.15, 0.2) is 0 Å². The molecule has 0 fully saturated rings. The molecule has 0 rings (SSSR count). The fourth-order valence-electron chi connectivity index (χ4n) is 0. The lowest BCUT2D eigenvalue weighted by molar-refractivity contribution is -0.351. The summed E-state index contributed by atoms with van der Waals surface area (Å²) < 4.78 is 0. The Hall–Kier alpha value is -0.240. The summed E-state index contributed by atoms with van der Waals surface area (Å²) in [6.45, 7) is 0. The van der Waals surface area contributed by atoms with Gasteiger partial charge in [0.05, 0.1) is 0 Å². The summed E-state index contributed by atoms with van der Waals surface area (Å²) in [6, 6.07) is 0. The summed E-state index contributed by atoms with van der Waals surface area (Å²) in [5, 5.41) is 32.2. The van der Waals surface area contributed by atoms with Crippen LogP contribution >= 0.6 is 0 Å². The second-order valence-corrected chi connectivity index (χ2v) is 1.45. The van der Waals surface area contributed by atoms with E-state index in [2.05, 4.69) is 11.5 Å². The Morgan fingerprint density at radius 1 is 0.750 bits per heavy atom. The van der Waals surface area contributed by atoms with Crippen LogP contribution in [0.25, 0.3) is 0 Å². The third-order valence-corrected chi connectivity index (χ3v) is 0.542. The molecule has 0 aliphatic carbocycles. The first-order valence-corrected chi connectivity index (χ1v) is 1.72. The summed E-state index contributed by atoms with van der Waals surface area (Å²) in [6.07, 6.45) is 0. The van der Waals surface area contributed by atoms with E-state index in [0.717, 1.165) is 0 Å². The maximum Gasteiger partial charge on any atom is 0.292 e. The first-order valence-electron chi connectivity index (χ1n) is 1.72. The molecule has 50 valence electrons. The second kappa shape index (κ2) is 1.62. The molecule has 0 saturated carbocycles. The zero-order chi connectivity index (χ0) is 7.00. The average Bonchev–Trinajstić information content (AvgIpc) is 1.25. The summed E-state index contributed by atoms with van der Waals surface area (Å²) in [4.78, 5) is 0. The van der Waals surface area contributed by atoms with Crippen molar-refractivity contribution in [1.82, 2.24) is 0 Å². The topological polar surface area (TPSA) is 133 Å². The van der Waals surface area contributed by atoms with Crippen LogP contribution in [0, 0.1) is 0 Å². The molecule has 0 atom stereocenters. The van der Waals surface area contributed by atoms with Gasteiger partial charge in [0.1, 0.15) is 0 Å². The number of aliphatic hydroxyl groups is 4. The minimum Gasteiger partial charge on any atom is -0.348 e. The van der Waals surface area contributed by atoms with Crippen molar-refractivity contribution in [3.8, 4) is 0 Å². The van der Waals surface area contributed by atoms with Crippen molar-refractivity contribution in [1.29, 1.82) is 0 Å². The molecule has 0 radical (unpaired) electrons. The molecule has 0 saturated heterocycles. The quantitative estimate of drug-likeness (QED) is 0.198. The average molecular weight is 124 g/mol. The van der Waals surface area contributed by atoms with Crippen molar-refractivity contribution in [2.75, 3.05) is 0 Å². The van der Waals surface area contributed by atoms with Crippen molar-refractivity contribution in [3.05, 3.63) is 0 Å². The predicted octanol–water partition coefficient (Wildman–Crippen LogP) is -3.82. The van der Waals surface area contributed by atoms with Gasteiger partial charge in [-0.15, -0.1) is 0 Å². The van der Waals surface area contributed by atoms with Gasteiger partial charge in [0.25, 0.3) is 11.8 Å². The molecule has 0 aromatic carbocycles. The minimum absolute atomic E-state index is 3.17. The first kappa shape index (κ1) is 7.76. The van der Waals surface area contributed by atoms with E-state index >= 15 is 0 Å². The molecule has 0 aliphatic heterocycles. The van der Waals surface area contributed by atoms with Crippen LogP contribution in [-0.4, -0.2) is 32.2 Å². The fraction of sp³-hybridized carbons (Fsp3) is 1.00. The van der Waals surface area contributed by atoms with Crippen LogP contribution in [0.2, 0.25) is 0 Å². The van der Waals surface area contributed by atoms with Gasteiger partial charge < -0.3 is 20.4 Å². The summed E-state index contributed by atoms with van der Waals surface area (Å²) in [5.41, 5.74) is 8.60. The van der Waals surface area contributed by atoms with E-state index in [1.165, 1.54) is 0 Å². The highest BCUT2D eigenvalue weighted by Crippen LogP contribution is 2.00. The lowest BCUT2D eigenvalue weighted by Crippen LogP contribution is -2.66. The van der Waals surface area contributed by atoms with Gasteiger partial charge in [-0.2, -0.15) is 0 Å². The summed E-state index contributed by atoms with van der Waals surface area (Å²) in [7, 11) is 0. The molecule has 0 aliphatic rings. The maximum absolute atomic E-state index is 8.06. The van der Waals surface area contributed by atoms with Crippen molar-refractivity contribution in [2.45, 2.75) is 11.8 Å². The van der Waals surface area contributed by atoms with Gasteiger partial charge >= 0.3 is 0 Å². The fourth-order valence-corrected chi connectivity index (χ4v) is 0. The molecule has 0 amide bonds. The molecular weight excluding hydrogens is 116 g/mol. The Labute approximate surface area is 45.0 Å². The molecule has 0 spiro atoms. The van der Waals surface area contributed by atoms with Gasteiger partial charge in [-0.25, -0.2) is 0 Å². The van der Waals surface area contributed by atoms with Crippen molar-refractivity contribution in [3.63, 3.8) is 0 Å². The molecule has 8 heavy (non-hydrogen) atoms. The smallest absolute Gasteiger partial charge is 0.292 e. The monoisotopic (exact) mass is 124 g/mol. The van der Waals surface area contributed by atoms with Gasteiger partial charge in [-0.3, -0.25) is 11.5 Å². The molecule has 0 aromatic rings. The third-order valence-electron chi connectivity index (χ3n) is 0.542. The Balaban J connectivity index is 4.02. The van der Waals surface area contributed by atoms with Gasteiger partial charge in [0.15, 0.2) is 0 Å². The normalized spacial score (nSPS) is 14.2. The highest BCUT2D eigenvalue weighted by molar-refractivity contribution is 4.67. The highest BCUT2D eigenvalue weighted by atomic mass is 16.6. The van der Waals surface area contributed by atoms with E-state index in [-0.39, 0.29) is 0 Å². The lowest BCUT2D eigenvalue weighted by Gasteiger charge is -2.26. The number of rotatable bonds is 1. The zero-order valence-electron chi connectivity index (χ0n) is 3.94. The minimum atomic E-state index is -3.17. The second-order valence-electron chi connectivity index (χ2n) is 1.45. The number of nitrogens with two attached hydrogens (primary N) is 2. The molecule has 0 aromatic heterocycles. The van der Waals surface area contributed by atoms with Crippen molar-refractivity contribution < 1.29 is 20.4 Å². The molecule has 0 heterocycles. The van der Waals surface area contributed by atoms with E-state index in [9.17, 15) is 0 Å². The molecule has 6 nitrogen and oxygen atoms in total. The van der Waals surface area contributed by atoms with Crippen LogP contribution in [0.5, 0.6) is 0 Å². The number of hydrogen-bond donors (Lipinski definition) is 6. The van der Waals surface area contributed by atoms with Crippen LogP contribution < -0.4 is 11.5 Å². The summed E-state index contributed by atoms with van der Waals surface area (Å²) in [5.74, 6) is -6.35. The van der Waals surface area contributed by atoms with Gasteiger partial charge in [-0.1, -0.05) is 0 Å². The van der Waals surface area contributed by atoms with Crippen LogP contribution in [0.3, 0.4) is 0 Å². The lowest BCUT2D eigenvalue weighted by atomic mass is 10.4. The van der Waals surface area contributed by atoms with Crippen LogP contribution in [-0.2, 0) is 0 Å². The van der Waals surface area contributed by atoms with E-state index in [1.54, 1.807) is 0 Å². The Kier molecular flexibility index (Phi) is 1.57. The van der Waals surface area contributed by atoms with Gasteiger partial charge in [0.2, 0.25) is 0 Å². The Morgan fingerprint density at radius 2 is 0.875 bits per heavy atom. The van der Waals surface area contributed by atoms with Crippen molar-refractivity contribution >= 4 is 0 Å². The first-order chi connectivity index (χ1) is 3.25. The molecule has 6 heteroatoms. The summed E-state index contributed by atoms with van der Waals surface area (Å²) >= 11 is 0. The van der Waals surface area contributed by atoms with Gasteiger partial charge in [0, 0.05) is 0 Å². The van der Waals surface area contributed by atoms with Gasteiger partial charge in [-0.05, 0) is 0 Å². The predicted molar refractivity (Wildman–Crippen MR) is 22.7 cm³/mol. The van der Waals surface area contributed by atoms with E-state index < -0.39 is 11.8 Å². The third kappa shape index (κ3) is 1.70. The molecule has 0 unspecified atom stereocenters. The van der Waals surface area contributed by atoms with E-state index in [1.807, 2.05) is 0 Å². The van der Waals surface area contributed by atoms with Crippen LogP contribution in [0.4, 0.5) is 0 Å². The zero-order valence-corrected chi connectivity index (χ0v) is 3.94. The molecule has 8 N–H and O–H groups in total. The molecule has 0 bridgehead atoms. The van der Waals surface area contributed by atoms with E-state index in [0.29, 0.717) is 0 Å². The van der Waals surface area contributed by atoms with Crippen LogP contribution in [0.1, 0.15) is 0 Å². The number of hydrogen-bond acceptors (Lipinski definition) is 6. The Morgan fingerprint density at radius 3 is 0.875 bits per heavy atom. The highest BCUT2D eigenvalue weighted by Gasteiger charge is 2.40. The molecular formula is C2H8N2O4. The Bertz CT molecular complexity index is 67.0. The van der Waals surface area contributed by atoms with E-state index in [4.69, 9.17) is 20.4 Å². The standard InChI is InChI=1S/C2H8N2O4/c3-1(5,6)2(4,7)8/h5-8H,3-4H2. The SMILES string of the molecule is NC(O)(O)C(N)(O)O. The largest absolute Gasteiger partial charge is 0.348 e. The maximum atomic E-state index is 8.06. The van der Waals surface area contributed by atoms with Crippen molar-refractivity contribution in [2.24, 2.45) is 11.5 Å².